The first-order chi connectivity index (χ1) is 16.5. The van der Waals surface area contributed by atoms with E-state index in [0.29, 0.717) is 40.6 Å². The number of hydrogen-bond acceptors (Lipinski definition) is 5. The minimum atomic E-state index is -0.447. The van der Waals surface area contributed by atoms with Crippen molar-refractivity contribution in [3.05, 3.63) is 94.8 Å². The van der Waals surface area contributed by atoms with E-state index in [4.69, 9.17) is 9.72 Å². The van der Waals surface area contributed by atoms with E-state index in [-0.39, 0.29) is 11.5 Å². The van der Waals surface area contributed by atoms with Crippen molar-refractivity contribution in [2.24, 2.45) is 0 Å². The monoisotopic (exact) mass is 473 g/mol. The van der Waals surface area contributed by atoms with Crippen LogP contribution in [0, 0.1) is 0 Å². The highest BCUT2D eigenvalue weighted by Gasteiger charge is 2.24. The molecule has 4 aromatic rings. The summed E-state index contributed by atoms with van der Waals surface area (Å²) in [5, 5.41) is 0.512. The number of para-hydroxylation sites is 3. The highest BCUT2D eigenvalue weighted by Crippen LogP contribution is 2.30. The van der Waals surface area contributed by atoms with Gasteiger partial charge in [0.05, 0.1) is 29.0 Å². The van der Waals surface area contributed by atoms with Gasteiger partial charge in [0.15, 0.2) is 5.16 Å². The first-order valence-electron chi connectivity index (χ1n) is 11.2. The van der Waals surface area contributed by atoms with Crippen molar-refractivity contribution in [1.29, 1.82) is 0 Å². The van der Waals surface area contributed by atoms with Crippen molar-refractivity contribution >= 4 is 28.6 Å². The Morgan fingerprint density at radius 2 is 1.71 bits per heavy atom. The van der Waals surface area contributed by atoms with Crippen LogP contribution in [0.25, 0.3) is 16.6 Å². The van der Waals surface area contributed by atoms with E-state index in [2.05, 4.69) is 0 Å². The second-order valence-electron chi connectivity index (χ2n) is 7.82. The van der Waals surface area contributed by atoms with Gasteiger partial charge in [0, 0.05) is 13.1 Å². The Bertz CT molecular complexity index is 1350. The summed E-state index contributed by atoms with van der Waals surface area (Å²) in [6.07, 6.45) is 0. The fourth-order valence-electron chi connectivity index (χ4n) is 3.83. The van der Waals surface area contributed by atoms with E-state index in [1.54, 1.807) is 23.8 Å². The molecule has 0 aliphatic heterocycles. The SMILES string of the molecule is CCN(Cc1ccccc1)C(=O)C(C)Sc1nc2ccccc2c(=O)n1-c1ccccc1OC. The number of amides is 1. The summed E-state index contributed by atoms with van der Waals surface area (Å²) < 4.78 is 7.07. The van der Waals surface area contributed by atoms with Gasteiger partial charge < -0.3 is 9.64 Å². The van der Waals surface area contributed by atoms with Gasteiger partial charge in [0.1, 0.15) is 5.75 Å². The van der Waals surface area contributed by atoms with Crippen molar-refractivity contribution in [2.45, 2.75) is 30.8 Å². The van der Waals surface area contributed by atoms with Gasteiger partial charge >= 0.3 is 0 Å². The third-order valence-electron chi connectivity index (χ3n) is 5.61. The van der Waals surface area contributed by atoms with Crippen LogP contribution in [0.4, 0.5) is 0 Å². The number of carbonyl (C=O) groups is 1. The summed E-state index contributed by atoms with van der Waals surface area (Å²) in [4.78, 5) is 33.5. The highest BCUT2D eigenvalue weighted by atomic mass is 32.2. The third kappa shape index (κ3) is 4.84. The Balaban J connectivity index is 1.73. The number of methoxy groups -OCH3 is 1. The van der Waals surface area contributed by atoms with Gasteiger partial charge in [-0.15, -0.1) is 0 Å². The molecular formula is C27H27N3O3S. The van der Waals surface area contributed by atoms with Crippen LogP contribution in [0.15, 0.2) is 88.8 Å². The average molecular weight is 474 g/mol. The van der Waals surface area contributed by atoms with Crippen LogP contribution in [-0.4, -0.2) is 39.3 Å². The fourth-order valence-corrected chi connectivity index (χ4v) is 4.84. The minimum Gasteiger partial charge on any atom is -0.495 e. The average Bonchev–Trinajstić information content (AvgIpc) is 2.87. The Labute approximate surface area is 203 Å². The molecule has 3 aromatic carbocycles. The molecule has 0 aliphatic carbocycles. The van der Waals surface area contributed by atoms with Crippen LogP contribution < -0.4 is 10.3 Å². The molecule has 0 N–H and O–H groups in total. The van der Waals surface area contributed by atoms with Crippen molar-refractivity contribution in [3.63, 3.8) is 0 Å². The summed E-state index contributed by atoms with van der Waals surface area (Å²) in [6.45, 7) is 4.94. The maximum absolute atomic E-state index is 13.6. The summed E-state index contributed by atoms with van der Waals surface area (Å²) in [7, 11) is 1.57. The number of rotatable bonds is 8. The topological polar surface area (TPSA) is 64.4 Å². The zero-order valence-corrected chi connectivity index (χ0v) is 20.3. The second-order valence-corrected chi connectivity index (χ2v) is 9.13. The summed E-state index contributed by atoms with van der Waals surface area (Å²) in [5.74, 6) is 0.548. The Hall–Kier alpha value is -3.58. The third-order valence-corrected chi connectivity index (χ3v) is 6.65. The lowest BCUT2D eigenvalue weighted by Gasteiger charge is -2.25. The minimum absolute atomic E-state index is 0.00895. The molecule has 1 atom stereocenters. The van der Waals surface area contributed by atoms with Crippen LogP contribution in [0.5, 0.6) is 5.75 Å². The molecule has 0 saturated carbocycles. The predicted octanol–water partition coefficient (Wildman–Crippen LogP) is 4.92. The molecule has 1 heterocycles. The number of hydrogen-bond donors (Lipinski definition) is 0. The number of carbonyl (C=O) groups excluding carboxylic acids is 1. The van der Waals surface area contributed by atoms with Gasteiger partial charge in [-0.25, -0.2) is 4.98 Å². The van der Waals surface area contributed by atoms with Crippen molar-refractivity contribution in [3.8, 4) is 11.4 Å². The van der Waals surface area contributed by atoms with E-state index < -0.39 is 5.25 Å². The van der Waals surface area contributed by atoms with Crippen molar-refractivity contribution in [1.82, 2.24) is 14.5 Å². The molecule has 1 amide bonds. The molecule has 34 heavy (non-hydrogen) atoms. The maximum atomic E-state index is 13.6. The second kappa shape index (κ2) is 10.6. The summed E-state index contributed by atoms with van der Waals surface area (Å²) in [5.41, 5.74) is 2.06. The number of benzene rings is 3. The van der Waals surface area contributed by atoms with E-state index in [1.165, 1.54) is 11.8 Å². The molecule has 0 radical (unpaired) electrons. The summed E-state index contributed by atoms with van der Waals surface area (Å²) in [6, 6.07) is 24.5. The number of ether oxygens (including phenoxy) is 1. The molecule has 0 saturated heterocycles. The lowest BCUT2D eigenvalue weighted by molar-refractivity contribution is -0.130. The van der Waals surface area contributed by atoms with Crippen LogP contribution >= 0.6 is 11.8 Å². The molecule has 4 rings (SSSR count). The van der Waals surface area contributed by atoms with Crippen LogP contribution in [0.3, 0.4) is 0 Å². The van der Waals surface area contributed by atoms with Crippen LogP contribution in [-0.2, 0) is 11.3 Å². The Morgan fingerprint density at radius 3 is 2.44 bits per heavy atom. The number of aromatic nitrogens is 2. The van der Waals surface area contributed by atoms with E-state index >= 15 is 0 Å². The molecule has 1 unspecified atom stereocenters. The zero-order chi connectivity index (χ0) is 24.1. The van der Waals surface area contributed by atoms with E-state index in [9.17, 15) is 9.59 Å². The molecule has 0 aliphatic rings. The van der Waals surface area contributed by atoms with Gasteiger partial charge in [0.2, 0.25) is 5.91 Å². The molecule has 6 nitrogen and oxygen atoms in total. The van der Waals surface area contributed by atoms with Gasteiger partial charge in [-0.05, 0) is 43.7 Å². The number of thioether (sulfide) groups is 1. The molecule has 1 aromatic heterocycles. The van der Waals surface area contributed by atoms with Gasteiger partial charge in [-0.1, -0.05) is 66.4 Å². The number of nitrogens with zero attached hydrogens (tertiary/aromatic N) is 3. The van der Waals surface area contributed by atoms with Gasteiger partial charge in [-0.2, -0.15) is 0 Å². The maximum Gasteiger partial charge on any atom is 0.266 e. The fraction of sp³-hybridized carbons (Fsp3) is 0.222. The molecule has 0 fully saturated rings. The predicted molar refractivity (Wildman–Crippen MR) is 137 cm³/mol. The molecule has 174 valence electrons. The molecule has 0 spiro atoms. The van der Waals surface area contributed by atoms with E-state index in [1.807, 2.05) is 85.5 Å². The molecule has 7 heteroatoms. The van der Waals surface area contributed by atoms with Crippen LogP contribution in [0.2, 0.25) is 0 Å². The van der Waals surface area contributed by atoms with Crippen LogP contribution in [0.1, 0.15) is 19.4 Å². The lowest BCUT2D eigenvalue weighted by atomic mass is 10.2. The standard InChI is InChI=1S/C27H27N3O3S/c1-4-29(18-20-12-6-5-7-13-20)25(31)19(2)34-27-28-22-15-9-8-14-21(22)26(32)30(27)23-16-10-11-17-24(23)33-3/h5-17,19H,4,18H2,1-3H3. The zero-order valence-electron chi connectivity index (χ0n) is 19.5. The lowest BCUT2D eigenvalue weighted by Crippen LogP contribution is -2.36. The Kier molecular flexibility index (Phi) is 7.33. The first-order valence-corrected chi connectivity index (χ1v) is 12.1. The highest BCUT2D eigenvalue weighted by molar-refractivity contribution is 8.00. The normalized spacial score (nSPS) is 11.9. The first kappa shape index (κ1) is 23.6. The van der Waals surface area contributed by atoms with Gasteiger partial charge in [0.25, 0.3) is 5.56 Å². The van der Waals surface area contributed by atoms with E-state index in [0.717, 1.165) is 5.56 Å². The molecular weight excluding hydrogens is 446 g/mol. The Morgan fingerprint density at radius 1 is 1.03 bits per heavy atom. The molecule has 0 bridgehead atoms. The quantitative estimate of drug-likeness (QED) is 0.268. The van der Waals surface area contributed by atoms with Crippen molar-refractivity contribution < 1.29 is 9.53 Å². The summed E-state index contributed by atoms with van der Waals surface area (Å²) >= 11 is 1.28. The van der Waals surface area contributed by atoms with Crippen molar-refractivity contribution in [2.75, 3.05) is 13.7 Å². The van der Waals surface area contributed by atoms with Gasteiger partial charge in [-0.3, -0.25) is 14.2 Å². The largest absolute Gasteiger partial charge is 0.495 e. The smallest absolute Gasteiger partial charge is 0.266 e. The number of fused-ring (bicyclic) bond motifs is 1.